The van der Waals surface area contributed by atoms with Gasteiger partial charge in [-0.05, 0) is 0 Å². The van der Waals surface area contributed by atoms with E-state index in [2.05, 4.69) is 56.6 Å². The number of carbonyl (C=O) groups is 1. The molecule has 0 heterocycles. The molecule has 1 aromatic rings. The molecule has 0 radical (unpaired) electrons. The summed E-state index contributed by atoms with van der Waals surface area (Å²) in [4.78, 5) is 14.7. The van der Waals surface area contributed by atoms with E-state index in [0.717, 1.165) is 5.57 Å². The van der Waals surface area contributed by atoms with Crippen molar-refractivity contribution in [1.29, 1.82) is 0 Å². The third kappa shape index (κ3) is 5.00. The molecule has 25 heavy (non-hydrogen) atoms. The van der Waals surface area contributed by atoms with Gasteiger partial charge in [0, 0.05) is 0 Å². The van der Waals surface area contributed by atoms with Gasteiger partial charge in [-0.1, -0.05) is 0 Å². The van der Waals surface area contributed by atoms with Crippen LogP contribution in [-0.2, 0) is 20.4 Å². The van der Waals surface area contributed by atoms with Crippen LogP contribution in [0.3, 0.4) is 0 Å². The fraction of sp³-hybridized carbons (Fsp3) is 0.500. The van der Waals surface area contributed by atoms with E-state index in [9.17, 15) is 4.79 Å². The van der Waals surface area contributed by atoms with Crippen molar-refractivity contribution < 1.29 is 9.53 Å². The van der Waals surface area contributed by atoms with Crippen LogP contribution in [0, 0.1) is 10.7 Å². The van der Waals surface area contributed by atoms with Crippen molar-refractivity contribution in [2.75, 3.05) is 6.61 Å². The van der Waals surface area contributed by atoms with Gasteiger partial charge in [-0.3, -0.25) is 0 Å². The van der Waals surface area contributed by atoms with E-state index in [1.165, 1.54) is 34.5 Å². The first-order valence-electron chi connectivity index (χ1n) is 8.83. The molecule has 0 saturated heterocycles. The summed E-state index contributed by atoms with van der Waals surface area (Å²) in [6.07, 6.45) is 3.91. The molecule has 0 amide bonds. The van der Waals surface area contributed by atoms with Gasteiger partial charge in [-0.15, -0.1) is 0 Å². The molecule has 0 saturated carbocycles. The Morgan fingerprint density at radius 2 is 1.84 bits per heavy atom. The van der Waals surface area contributed by atoms with Crippen LogP contribution >= 0.6 is 0 Å². The van der Waals surface area contributed by atoms with Gasteiger partial charge in [0.05, 0.1) is 0 Å². The normalized spacial score (nSPS) is 17.9. The van der Waals surface area contributed by atoms with Crippen LogP contribution in [0.25, 0.3) is 0 Å². The summed E-state index contributed by atoms with van der Waals surface area (Å²) >= 11 is 0.0798. The molecule has 0 fully saturated rings. The number of hydrogen-bond acceptors (Lipinski definition) is 2. The number of hydrogen-bond donors (Lipinski definition) is 0. The van der Waals surface area contributed by atoms with Crippen LogP contribution < -0.4 is 4.46 Å². The quantitative estimate of drug-likeness (QED) is 0.332. The summed E-state index contributed by atoms with van der Waals surface area (Å²) in [6.45, 7) is 13.4. The number of benzene rings is 1. The zero-order valence-electron chi connectivity index (χ0n) is 16.2. The molecular formula is C22H28O2Se. The van der Waals surface area contributed by atoms with Crippen molar-refractivity contribution in [3.63, 3.8) is 0 Å². The van der Waals surface area contributed by atoms with Crippen LogP contribution in [-0.4, -0.2) is 27.5 Å². The van der Waals surface area contributed by atoms with E-state index < -0.39 is 0 Å². The third-order valence-corrected chi connectivity index (χ3v) is 6.32. The van der Waals surface area contributed by atoms with Crippen molar-refractivity contribution >= 4 is 25.4 Å². The van der Waals surface area contributed by atoms with E-state index in [4.69, 9.17) is 4.74 Å². The van der Waals surface area contributed by atoms with Crippen LogP contribution in [0.15, 0.2) is 29.8 Å². The van der Waals surface area contributed by atoms with Gasteiger partial charge < -0.3 is 0 Å². The Labute approximate surface area is 158 Å². The summed E-state index contributed by atoms with van der Waals surface area (Å²) in [7, 11) is 0. The van der Waals surface area contributed by atoms with E-state index in [0.29, 0.717) is 6.61 Å². The van der Waals surface area contributed by atoms with Gasteiger partial charge in [0.25, 0.3) is 0 Å². The Hall–Kier alpha value is -1.49. The average Bonchev–Trinajstić information content (AvgIpc) is 2.52. The van der Waals surface area contributed by atoms with Gasteiger partial charge in [0.1, 0.15) is 0 Å². The molecule has 2 rings (SSSR count). The molecule has 1 aliphatic carbocycles. The maximum absolute atomic E-state index is 11.4. The van der Waals surface area contributed by atoms with Crippen LogP contribution in [0.1, 0.15) is 65.5 Å². The predicted octanol–water partition coefficient (Wildman–Crippen LogP) is 3.84. The van der Waals surface area contributed by atoms with Crippen molar-refractivity contribution in [2.24, 2.45) is 0 Å². The number of esters is 1. The molecule has 0 atom stereocenters. The number of ether oxygens (including phenoxy) is 1. The molecule has 0 aliphatic heterocycles. The summed E-state index contributed by atoms with van der Waals surface area (Å²) < 4.78 is 6.20. The molecule has 0 aromatic heterocycles. The second-order valence-electron chi connectivity index (χ2n) is 7.88. The van der Waals surface area contributed by atoms with Crippen LogP contribution in [0.5, 0.6) is 0 Å². The fourth-order valence-corrected chi connectivity index (χ4v) is 4.54. The van der Waals surface area contributed by atoms with Crippen molar-refractivity contribution in [2.45, 2.75) is 65.2 Å². The monoisotopic (exact) mass is 404 g/mol. The van der Waals surface area contributed by atoms with E-state index in [-0.39, 0.29) is 31.8 Å². The number of carbonyl (C=O) groups excluding carboxylic acids is 1. The molecule has 0 spiro atoms. The Morgan fingerprint density at radius 1 is 1.20 bits per heavy atom. The summed E-state index contributed by atoms with van der Waals surface area (Å²) in [5.41, 5.74) is 4.18. The maximum atomic E-state index is 11.4. The minimum absolute atomic E-state index is 0.0798. The predicted molar refractivity (Wildman–Crippen MR) is 105 cm³/mol. The van der Waals surface area contributed by atoms with Gasteiger partial charge in [-0.2, -0.15) is 0 Å². The molecular weight excluding hydrogens is 375 g/mol. The SMILES string of the molecule is CCOC(=O)/C=C(\C)C#C[Se]c1ccc2c(c1)C(C)(C)CCC2(C)C. The van der Waals surface area contributed by atoms with E-state index >= 15 is 0 Å². The van der Waals surface area contributed by atoms with Crippen molar-refractivity contribution in [3.8, 4) is 10.7 Å². The second-order valence-corrected chi connectivity index (χ2v) is 9.73. The Kier molecular flexibility index (Phi) is 6.20. The zero-order chi connectivity index (χ0) is 18.7. The summed E-state index contributed by atoms with van der Waals surface area (Å²) in [5, 5.41) is 0. The first-order valence-corrected chi connectivity index (χ1v) is 10.5. The van der Waals surface area contributed by atoms with Gasteiger partial charge in [-0.25, -0.2) is 0 Å². The minimum atomic E-state index is -0.320. The molecule has 0 N–H and O–H groups in total. The summed E-state index contributed by atoms with van der Waals surface area (Å²) in [6, 6.07) is 6.88. The first-order chi connectivity index (χ1) is 11.7. The number of fused-ring (bicyclic) bond motifs is 1. The molecule has 3 heteroatoms. The second kappa shape index (κ2) is 7.81. The van der Waals surface area contributed by atoms with Crippen molar-refractivity contribution in [3.05, 3.63) is 41.0 Å². The molecule has 1 aliphatic rings. The first kappa shape index (κ1) is 19.8. The average molecular weight is 403 g/mol. The molecule has 134 valence electrons. The Balaban J connectivity index is 2.19. The molecule has 0 unspecified atom stereocenters. The number of rotatable bonds is 3. The molecule has 1 aromatic carbocycles. The standard InChI is InChI=1S/C22H28O2Se/c1-7-24-20(23)14-16(2)10-13-25-17-8-9-18-19(15-17)22(5,6)12-11-21(18,3)4/h8-9,14-15H,7,11-12H2,1-6H3/b16-14+. The fourth-order valence-electron chi connectivity index (χ4n) is 3.19. The summed E-state index contributed by atoms with van der Waals surface area (Å²) in [5.74, 6) is 2.76. The number of allylic oxidation sites excluding steroid dienone is 1. The zero-order valence-corrected chi connectivity index (χ0v) is 17.9. The third-order valence-electron chi connectivity index (χ3n) is 4.86. The Bertz CT molecular complexity index is 745. The van der Waals surface area contributed by atoms with Gasteiger partial charge >= 0.3 is 158 Å². The van der Waals surface area contributed by atoms with Crippen molar-refractivity contribution in [1.82, 2.24) is 0 Å². The van der Waals surface area contributed by atoms with Crippen LogP contribution in [0.4, 0.5) is 0 Å². The van der Waals surface area contributed by atoms with Gasteiger partial charge in [0.2, 0.25) is 0 Å². The topological polar surface area (TPSA) is 26.3 Å². The van der Waals surface area contributed by atoms with Crippen LogP contribution in [0.2, 0.25) is 0 Å². The Morgan fingerprint density at radius 3 is 2.48 bits per heavy atom. The molecule has 0 bridgehead atoms. The van der Waals surface area contributed by atoms with E-state index in [1.807, 2.05) is 6.92 Å². The molecule has 2 nitrogen and oxygen atoms in total. The van der Waals surface area contributed by atoms with E-state index in [1.54, 1.807) is 6.92 Å². The van der Waals surface area contributed by atoms with Gasteiger partial charge in [0.15, 0.2) is 0 Å².